The molecule has 2 aliphatic heterocycles. The smallest absolute Gasteiger partial charge is 0.407 e. The molecule has 2 fully saturated rings. The number of primary amides is 1. The van der Waals surface area contributed by atoms with E-state index >= 15 is 0 Å². The number of piperazine rings is 1. The fourth-order valence-corrected chi connectivity index (χ4v) is 8.18. The van der Waals surface area contributed by atoms with Gasteiger partial charge in [-0.3, -0.25) is 14.7 Å². The number of aryl methyl sites for hydroxylation is 1. The summed E-state index contributed by atoms with van der Waals surface area (Å²) >= 11 is 0. The Hall–Kier alpha value is -4.66. The number of nitrogens with one attached hydrogen (secondary N) is 2. The minimum absolute atomic E-state index is 0.140. The molecule has 4 N–H and O–H groups in total. The summed E-state index contributed by atoms with van der Waals surface area (Å²) in [7, 11) is 0. The molecule has 5 rings (SSSR count). The average molecular weight is 765 g/mol. The number of carbonyl (C=O) groups is 4. The van der Waals surface area contributed by atoms with E-state index in [0.717, 1.165) is 57.3 Å². The first-order valence-electron chi connectivity index (χ1n) is 19.6. The van der Waals surface area contributed by atoms with E-state index in [0.29, 0.717) is 18.5 Å². The van der Waals surface area contributed by atoms with E-state index in [-0.39, 0.29) is 55.8 Å². The number of urea groups is 1. The maximum atomic E-state index is 13.4. The molecule has 2 aromatic rings. The van der Waals surface area contributed by atoms with Gasteiger partial charge >= 0.3 is 23.9 Å². The zero-order valence-electron chi connectivity index (χ0n) is 33.6. The Morgan fingerprint density at radius 2 is 1.55 bits per heavy atom. The van der Waals surface area contributed by atoms with Crippen molar-refractivity contribution >= 4 is 29.9 Å². The predicted molar refractivity (Wildman–Crippen MR) is 209 cm³/mol. The van der Waals surface area contributed by atoms with Crippen molar-refractivity contribution in [3.8, 4) is 5.69 Å². The summed E-state index contributed by atoms with van der Waals surface area (Å²) in [5.41, 5.74) is 5.84. The lowest BCUT2D eigenvalue weighted by atomic mass is 9.81. The number of rotatable bonds is 9. The molecular formula is C40H60N8O7. The molecule has 15 nitrogen and oxygen atoms in total. The molecule has 3 heterocycles. The highest BCUT2D eigenvalue weighted by molar-refractivity contribution is 5.89. The number of alkyl carbamates (subject to hydrolysis) is 1. The van der Waals surface area contributed by atoms with Crippen LogP contribution in [-0.4, -0.2) is 111 Å². The molecule has 1 aliphatic carbocycles. The van der Waals surface area contributed by atoms with E-state index in [1.807, 2.05) is 47.6 Å². The van der Waals surface area contributed by atoms with Crippen LogP contribution in [0.4, 0.5) is 20.2 Å². The molecule has 0 saturated carbocycles. The maximum Gasteiger partial charge on any atom is 0.407 e. The maximum absolute atomic E-state index is 13.4. The standard InChI is InChI=1S/C40H60N8O7/c1-38(2,3)26-40(7,54-34(41)50)33(49)46-20-22-47(23-21-46)35(51)43-32-15-19-48(36(52)44-32)31-11-9-28-24-30(10-8-29(28)25-31)45-17-13-27(14-18-45)12-16-42-37(53)55-39(4,5)6/h9,11,15,19,25,27,30H,8,10,12-14,16-18,20-24,26H2,1-7H3,(H2,41,50)(H,42,53)(H,43,44,51,52). The number of likely N-dealkylation sites (tertiary alicyclic amines) is 1. The lowest BCUT2D eigenvalue weighted by Gasteiger charge is -2.40. The largest absolute Gasteiger partial charge is 0.444 e. The van der Waals surface area contributed by atoms with Gasteiger partial charge in [0.2, 0.25) is 0 Å². The number of fused-ring (bicyclic) bond motifs is 1. The van der Waals surface area contributed by atoms with E-state index < -0.39 is 29.0 Å². The van der Waals surface area contributed by atoms with Crippen molar-refractivity contribution in [2.45, 2.75) is 111 Å². The second kappa shape index (κ2) is 17.0. The van der Waals surface area contributed by atoms with Gasteiger partial charge in [-0.1, -0.05) is 26.8 Å². The highest BCUT2D eigenvalue weighted by Crippen LogP contribution is 2.33. The van der Waals surface area contributed by atoms with Gasteiger partial charge < -0.3 is 35.2 Å². The Morgan fingerprint density at radius 3 is 2.16 bits per heavy atom. The quantitative estimate of drug-likeness (QED) is 0.327. The molecule has 55 heavy (non-hydrogen) atoms. The van der Waals surface area contributed by atoms with Gasteiger partial charge in [0.15, 0.2) is 5.60 Å². The second-order valence-electron chi connectivity index (χ2n) is 17.6. The van der Waals surface area contributed by atoms with E-state index in [4.69, 9.17) is 15.2 Å². The number of hydrogen-bond donors (Lipinski definition) is 3. The summed E-state index contributed by atoms with van der Waals surface area (Å²) in [6, 6.07) is 7.80. The molecule has 2 unspecified atom stereocenters. The number of aromatic nitrogens is 2. The topological polar surface area (TPSA) is 181 Å². The van der Waals surface area contributed by atoms with Gasteiger partial charge in [0.1, 0.15) is 11.4 Å². The normalized spacial score (nSPS) is 19.5. The van der Waals surface area contributed by atoms with Crippen LogP contribution in [0.25, 0.3) is 5.69 Å². The van der Waals surface area contributed by atoms with Gasteiger partial charge in [-0.25, -0.2) is 19.2 Å². The van der Waals surface area contributed by atoms with Gasteiger partial charge in [0.25, 0.3) is 5.91 Å². The van der Waals surface area contributed by atoms with Gasteiger partial charge in [-0.15, -0.1) is 0 Å². The van der Waals surface area contributed by atoms with Crippen molar-refractivity contribution in [3.63, 3.8) is 0 Å². The lowest BCUT2D eigenvalue weighted by molar-refractivity contribution is -0.153. The Balaban J connectivity index is 1.09. The highest BCUT2D eigenvalue weighted by atomic mass is 16.6. The fourth-order valence-electron chi connectivity index (χ4n) is 8.18. The number of piperidine rings is 1. The minimum atomic E-state index is -1.42. The third-order valence-electron chi connectivity index (χ3n) is 10.6. The van der Waals surface area contributed by atoms with Crippen LogP contribution in [0.5, 0.6) is 0 Å². The first kappa shape index (κ1) is 41.5. The van der Waals surface area contributed by atoms with E-state index in [1.54, 1.807) is 29.0 Å². The Labute approximate surface area is 324 Å². The summed E-state index contributed by atoms with van der Waals surface area (Å²) in [5.74, 6) is 0.381. The minimum Gasteiger partial charge on any atom is -0.444 e. The van der Waals surface area contributed by atoms with Gasteiger partial charge in [0, 0.05) is 51.4 Å². The molecular weight excluding hydrogens is 704 g/mol. The number of hydrogen-bond acceptors (Lipinski definition) is 9. The van der Waals surface area contributed by atoms with E-state index in [9.17, 15) is 24.0 Å². The number of amides is 5. The van der Waals surface area contributed by atoms with Crippen molar-refractivity contribution in [3.05, 3.63) is 52.1 Å². The summed E-state index contributed by atoms with van der Waals surface area (Å²) in [6.45, 7) is 16.8. The molecule has 0 spiro atoms. The number of nitrogens with two attached hydrogens (primary N) is 1. The molecule has 1 aromatic heterocycles. The number of nitrogens with zero attached hydrogens (tertiary/aromatic N) is 5. The zero-order valence-corrected chi connectivity index (χ0v) is 33.6. The van der Waals surface area contributed by atoms with Crippen LogP contribution in [0.3, 0.4) is 0 Å². The predicted octanol–water partition coefficient (Wildman–Crippen LogP) is 4.68. The molecule has 3 aliphatic rings. The third kappa shape index (κ3) is 11.4. The van der Waals surface area contributed by atoms with Crippen LogP contribution < -0.4 is 22.1 Å². The number of anilines is 1. The Bertz CT molecular complexity index is 1770. The van der Waals surface area contributed by atoms with Gasteiger partial charge in [-0.2, -0.15) is 4.98 Å². The van der Waals surface area contributed by atoms with E-state index in [1.165, 1.54) is 15.7 Å². The summed E-state index contributed by atoms with van der Waals surface area (Å²) < 4.78 is 12.1. The van der Waals surface area contributed by atoms with Crippen LogP contribution in [0.1, 0.15) is 91.7 Å². The van der Waals surface area contributed by atoms with Crippen LogP contribution in [0, 0.1) is 11.3 Å². The van der Waals surface area contributed by atoms with Crippen molar-refractivity contribution in [2.24, 2.45) is 17.1 Å². The highest BCUT2D eigenvalue weighted by Gasteiger charge is 2.44. The van der Waals surface area contributed by atoms with Gasteiger partial charge in [-0.05, 0) is 120 Å². The fraction of sp³-hybridized carbons (Fsp3) is 0.650. The number of benzene rings is 1. The molecule has 0 radical (unpaired) electrons. The molecule has 1 aromatic carbocycles. The van der Waals surface area contributed by atoms with E-state index in [2.05, 4.69) is 32.7 Å². The number of ether oxygens (including phenoxy) is 2. The van der Waals surface area contributed by atoms with Crippen molar-refractivity contribution in [1.82, 2.24) is 29.6 Å². The summed E-state index contributed by atoms with van der Waals surface area (Å²) in [4.78, 5) is 73.2. The van der Waals surface area contributed by atoms with Crippen molar-refractivity contribution in [1.29, 1.82) is 0 Å². The number of carbonyl (C=O) groups excluding carboxylic acids is 4. The first-order chi connectivity index (χ1) is 25.8. The SMILES string of the molecule is CC(C)(C)CC(C)(OC(N)=O)C(=O)N1CCN(C(=O)Nc2ccn(-c3ccc4c(c3)CCC(N3CCC(CCNC(=O)OC(C)(C)C)CC3)C4)c(=O)n2)CC1. The Kier molecular flexibility index (Phi) is 12.8. The van der Waals surface area contributed by atoms with Crippen molar-refractivity contribution in [2.75, 3.05) is 51.1 Å². The molecule has 2 atom stereocenters. The molecule has 302 valence electrons. The van der Waals surface area contributed by atoms with Crippen LogP contribution in [0.15, 0.2) is 35.3 Å². The zero-order chi connectivity index (χ0) is 40.1. The van der Waals surface area contributed by atoms with Crippen LogP contribution in [-0.2, 0) is 27.1 Å². The van der Waals surface area contributed by atoms with Crippen molar-refractivity contribution < 1.29 is 28.7 Å². The summed E-state index contributed by atoms with van der Waals surface area (Å²) in [5, 5.41) is 5.61. The van der Waals surface area contributed by atoms with Crippen LogP contribution >= 0.6 is 0 Å². The monoisotopic (exact) mass is 764 g/mol. The lowest BCUT2D eigenvalue weighted by Crippen LogP contribution is -2.58. The van der Waals surface area contributed by atoms with Crippen LogP contribution in [0.2, 0.25) is 0 Å². The molecule has 2 saturated heterocycles. The first-order valence-corrected chi connectivity index (χ1v) is 19.6. The molecule has 0 bridgehead atoms. The van der Waals surface area contributed by atoms with Gasteiger partial charge in [0.05, 0.1) is 5.69 Å². The molecule has 15 heteroatoms. The third-order valence-corrected chi connectivity index (χ3v) is 10.6. The Morgan fingerprint density at radius 1 is 0.873 bits per heavy atom. The summed E-state index contributed by atoms with van der Waals surface area (Å²) in [6.07, 6.45) is 6.69. The molecule has 5 amide bonds. The average Bonchev–Trinajstić information content (AvgIpc) is 3.09. The second-order valence-corrected chi connectivity index (χ2v) is 17.6.